The van der Waals surface area contributed by atoms with Crippen LogP contribution in [0.2, 0.25) is 0 Å². The Morgan fingerprint density at radius 2 is 1.90 bits per heavy atom. The van der Waals surface area contributed by atoms with Crippen molar-refractivity contribution < 1.29 is 27.5 Å². The Hall–Kier alpha value is -2.05. The molecule has 4 nitrogen and oxygen atoms in total. The van der Waals surface area contributed by atoms with Gasteiger partial charge in [0.2, 0.25) is 0 Å². The lowest BCUT2D eigenvalue weighted by molar-refractivity contribution is -0.175. The average Bonchev–Trinajstić information content (AvgIpc) is 2.36. The van der Waals surface area contributed by atoms with Crippen molar-refractivity contribution in [3.8, 4) is 5.75 Å². The number of carbonyl (C=O) groups excluding carboxylic acids is 2. The maximum Gasteiger partial charge on any atom is 0.471 e. The van der Waals surface area contributed by atoms with E-state index in [2.05, 4.69) is 0 Å². The van der Waals surface area contributed by atoms with Gasteiger partial charge >= 0.3 is 12.1 Å². The van der Waals surface area contributed by atoms with Gasteiger partial charge in [-0.25, -0.2) is 0 Å². The lowest BCUT2D eigenvalue weighted by Gasteiger charge is -2.28. The Morgan fingerprint density at radius 3 is 2.35 bits per heavy atom. The topological polar surface area (TPSA) is 55.4 Å². The minimum atomic E-state index is -4.95. The lowest BCUT2D eigenvalue weighted by atomic mass is 9.93. The van der Waals surface area contributed by atoms with E-state index >= 15 is 0 Å². The molecule has 1 aromatic carbocycles. The number of amides is 1. The van der Waals surface area contributed by atoms with Crippen LogP contribution in [0.4, 0.5) is 13.2 Å². The van der Waals surface area contributed by atoms with Crippen molar-refractivity contribution in [3.63, 3.8) is 0 Å². The first-order valence-electron chi connectivity index (χ1n) is 5.65. The lowest BCUT2D eigenvalue weighted by Crippen LogP contribution is -2.47. The van der Waals surface area contributed by atoms with E-state index in [9.17, 15) is 22.8 Å². The molecule has 0 aliphatic rings. The first-order valence-corrected chi connectivity index (χ1v) is 5.65. The molecule has 1 N–H and O–H groups in total. The molecule has 1 amide bonds. The highest BCUT2D eigenvalue weighted by atomic mass is 19.4. The molecule has 20 heavy (non-hydrogen) atoms. The van der Waals surface area contributed by atoms with E-state index in [0.717, 1.165) is 0 Å². The standard InChI is InChI=1S/C13H14F3NO3/c1-12(2,17-11(19)13(14,15)16)9-5-4-8(7-18)10(6-9)20-3/h4-7H,1-3H3,(H,17,19). The van der Waals surface area contributed by atoms with Crippen molar-refractivity contribution in [2.24, 2.45) is 0 Å². The van der Waals surface area contributed by atoms with Crippen molar-refractivity contribution in [3.05, 3.63) is 29.3 Å². The maximum absolute atomic E-state index is 12.3. The number of hydrogen-bond donors (Lipinski definition) is 1. The maximum atomic E-state index is 12.3. The highest BCUT2D eigenvalue weighted by Gasteiger charge is 2.41. The number of carbonyl (C=O) groups is 2. The molecule has 1 aromatic rings. The summed E-state index contributed by atoms with van der Waals surface area (Å²) >= 11 is 0. The molecular formula is C13H14F3NO3. The molecule has 1 rings (SSSR count). The van der Waals surface area contributed by atoms with E-state index in [0.29, 0.717) is 11.8 Å². The van der Waals surface area contributed by atoms with Crippen molar-refractivity contribution in [1.29, 1.82) is 0 Å². The van der Waals surface area contributed by atoms with Gasteiger partial charge in [-0.05, 0) is 31.5 Å². The van der Waals surface area contributed by atoms with Gasteiger partial charge in [-0.2, -0.15) is 13.2 Å². The minimum Gasteiger partial charge on any atom is -0.496 e. The molecule has 0 heterocycles. The van der Waals surface area contributed by atoms with Gasteiger partial charge in [-0.3, -0.25) is 9.59 Å². The van der Waals surface area contributed by atoms with Crippen LogP contribution in [0, 0.1) is 0 Å². The number of halogens is 3. The fourth-order valence-electron chi connectivity index (χ4n) is 1.62. The first kappa shape index (κ1) is 16.0. The molecule has 0 bridgehead atoms. The highest BCUT2D eigenvalue weighted by molar-refractivity contribution is 5.83. The fourth-order valence-corrected chi connectivity index (χ4v) is 1.62. The molecule has 0 radical (unpaired) electrons. The number of benzene rings is 1. The molecule has 0 aliphatic carbocycles. The summed E-state index contributed by atoms with van der Waals surface area (Å²) in [6.07, 6.45) is -4.38. The van der Waals surface area contributed by atoms with Gasteiger partial charge in [0.05, 0.1) is 18.2 Å². The van der Waals surface area contributed by atoms with Crippen LogP contribution in [-0.2, 0) is 10.3 Å². The van der Waals surface area contributed by atoms with Crippen LogP contribution in [0.15, 0.2) is 18.2 Å². The van der Waals surface area contributed by atoms with Gasteiger partial charge in [0.1, 0.15) is 5.75 Å². The number of ether oxygens (including phenoxy) is 1. The first-order chi connectivity index (χ1) is 9.11. The summed E-state index contributed by atoms with van der Waals surface area (Å²) in [6.45, 7) is 2.85. The fraction of sp³-hybridized carbons (Fsp3) is 0.385. The molecule has 7 heteroatoms. The molecule has 0 saturated carbocycles. The molecule has 110 valence electrons. The SMILES string of the molecule is COc1cc(C(C)(C)NC(=O)C(F)(F)F)ccc1C=O. The van der Waals surface area contributed by atoms with Gasteiger partial charge < -0.3 is 10.1 Å². The predicted molar refractivity (Wildman–Crippen MR) is 65.6 cm³/mol. The van der Waals surface area contributed by atoms with Crippen LogP contribution in [0.5, 0.6) is 5.75 Å². The smallest absolute Gasteiger partial charge is 0.471 e. The molecule has 0 atom stereocenters. The third-order valence-electron chi connectivity index (χ3n) is 2.77. The van der Waals surface area contributed by atoms with Crippen molar-refractivity contribution in [2.75, 3.05) is 7.11 Å². The van der Waals surface area contributed by atoms with E-state index in [1.165, 1.54) is 39.2 Å². The Kier molecular flexibility index (Phi) is 4.42. The van der Waals surface area contributed by atoms with Gasteiger partial charge in [0, 0.05) is 0 Å². The Balaban J connectivity index is 3.09. The van der Waals surface area contributed by atoms with Crippen LogP contribution >= 0.6 is 0 Å². The predicted octanol–water partition coefficient (Wildman–Crippen LogP) is 2.42. The molecule has 0 unspecified atom stereocenters. The second-order valence-electron chi connectivity index (χ2n) is 4.65. The zero-order chi connectivity index (χ0) is 15.6. The van der Waals surface area contributed by atoms with Gasteiger partial charge in [-0.15, -0.1) is 0 Å². The largest absolute Gasteiger partial charge is 0.496 e. The molecular weight excluding hydrogens is 275 g/mol. The van der Waals surface area contributed by atoms with E-state index in [4.69, 9.17) is 4.74 Å². The molecule has 0 saturated heterocycles. The second kappa shape index (κ2) is 5.52. The summed E-state index contributed by atoms with van der Waals surface area (Å²) in [7, 11) is 1.34. The minimum absolute atomic E-state index is 0.229. The summed E-state index contributed by atoms with van der Waals surface area (Å²) in [5, 5.41) is 1.89. The van der Waals surface area contributed by atoms with E-state index in [1.54, 1.807) is 0 Å². The average molecular weight is 289 g/mol. The van der Waals surface area contributed by atoms with Crippen LogP contribution in [0.1, 0.15) is 29.8 Å². The van der Waals surface area contributed by atoms with Gasteiger partial charge in [0.15, 0.2) is 6.29 Å². The molecule has 0 spiro atoms. The molecule has 0 aliphatic heterocycles. The summed E-state index contributed by atoms with van der Waals surface area (Å²) < 4.78 is 41.8. The monoisotopic (exact) mass is 289 g/mol. The third kappa shape index (κ3) is 3.49. The summed E-state index contributed by atoms with van der Waals surface area (Å²) in [5.41, 5.74) is -0.604. The van der Waals surface area contributed by atoms with Crippen molar-refractivity contribution >= 4 is 12.2 Å². The summed E-state index contributed by atoms with van der Waals surface area (Å²) in [6, 6.07) is 4.30. The highest BCUT2D eigenvalue weighted by Crippen LogP contribution is 2.28. The second-order valence-corrected chi connectivity index (χ2v) is 4.65. The number of methoxy groups -OCH3 is 1. The van der Waals surface area contributed by atoms with E-state index < -0.39 is 17.6 Å². The molecule has 0 aromatic heterocycles. The van der Waals surface area contributed by atoms with Crippen LogP contribution in [0.25, 0.3) is 0 Å². The number of alkyl halides is 3. The molecule has 0 fully saturated rings. The Labute approximate surface area is 113 Å². The van der Waals surface area contributed by atoms with Crippen LogP contribution in [0.3, 0.4) is 0 Å². The Morgan fingerprint density at radius 1 is 1.30 bits per heavy atom. The number of nitrogens with one attached hydrogen (secondary N) is 1. The number of aldehydes is 1. The van der Waals surface area contributed by atoms with Gasteiger partial charge in [0.25, 0.3) is 0 Å². The normalized spacial score (nSPS) is 11.9. The van der Waals surface area contributed by atoms with Crippen LogP contribution in [-0.4, -0.2) is 25.5 Å². The third-order valence-corrected chi connectivity index (χ3v) is 2.77. The van der Waals surface area contributed by atoms with Gasteiger partial charge in [-0.1, -0.05) is 6.07 Å². The Bertz CT molecular complexity index is 524. The van der Waals surface area contributed by atoms with E-state index in [1.807, 2.05) is 5.32 Å². The number of hydrogen-bond acceptors (Lipinski definition) is 3. The zero-order valence-corrected chi connectivity index (χ0v) is 11.2. The summed E-state index contributed by atoms with van der Waals surface area (Å²) in [4.78, 5) is 21.8. The van der Waals surface area contributed by atoms with Crippen molar-refractivity contribution in [2.45, 2.75) is 25.6 Å². The number of rotatable bonds is 4. The summed E-state index contributed by atoms with van der Waals surface area (Å²) in [5.74, 6) is -1.80. The van der Waals surface area contributed by atoms with Crippen molar-refractivity contribution in [1.82, 2.24) is 5.32 Å². The quantitative estimate of drug-likeness (QED) is 0.866. The van der Waals surface area contributed by atoms with Crippen LogP contribution < -0.4 is 10.1 Å². The van der Waals surface area contributed by atoms with E-state index in [-0.39, 0.29) is 11.3 Å². The zero-order valence-electron chi connectivity index (χ0n) is 11.2.